The Morgan fingerprint density at radius 3 is 2.41 bits per heavy atom. The van der Waals surface area contributed by atoms with E-state index in [2.05, 4.69) is 33.9 Å². The molecule has 4 rings (SSSR count). The third-order valence-electron chi connectivity index (χ3n) is 6.15. The van der Waals surface area contributed by atoms with Crippen LogP contribution in [-0.4, -0.2) is 53.5 Å². The van der Waals surface area contributed by atoms with E-state index in [1.807, 2.05) is 55.5 Å². The first kappa shape index (κ1) is 24.5. The SMILES string of the molecule is CCN1CCN(c2cc(Cl)nc(SCc3ccc(C(=O)Nc4ccc(C)c(C)c4)cc3)n2)CC1. The van der Waals surface area contributed by atoms with Gasteiger partial charge < -0.3 is 15.1 Å². The molecular weight excluding hydrogens is 466 g/mol. The molecule has 34 heavy (non-hydrogen) atoms. The summed E-state index contributed by atoms with van der Waals surface area (Å²) in [5, 5.41) is 4.09. The number of nitrogens with zero attached hydrogens (tertiary/aromatic N) is 4. The molecule has 0 radical (unpaired) electrons. The van der Waals surface area contributed by atoms with Gasteiger partial charge in [0.05, 0.1) is 0 Å². The Labute approximate surface area is 210 Å². The molecule has 0 unspecified atom stereocenters. The normalized spacial score (nSPS) is 14.3. The number of aryl methyl sites for hydroxylation is 2. The van der Waals surface area contributed by atoms with Crippen LogP contribution in [0, 0.1) is 13.8 Å². The molecular formula is C26H30ClN5OS. The van der Waals surface area contributed by atoms with E-state index >= 15 is 0 Å². The number of aromatic nitrogens is 2. The highest BCUT2D eigenvalue weighted by atomic mass is 35.5. The number of likely N-dealkylation sites (N-methyl/N-ethyl adjacent to an activating group) is 1. The van der Waals surface area contributed by atoms with Crippen LogP contribution >= 0.6 is 23.4 Å². The van der Waals surface area contributed by atoms with Gasteiger partial charge >= 0.3 is 0 Å². The number of anilines is 2. The minimum absolute atomic E-state index is 0.117. The fourth-order valence-corrected chi connectivity index (χ4v) is 4.86. The highest BCUT2D eigenvalue weighted by Crippen LogP contribution is 2.25. The van der Waals surface area contributed by atoms with Gasteiger partial charge in [-0.15, -0.1) is 0 Å². The van der Waals surface area contributed by atoms with Crippen molar-refractivity contribution in [3.05, 3.63) is 75.9 Å². The summed E-state index contributed by atoms with van der Waals surface area (Å²) < 4.78 is 0. The number of amides is 1. The number of benzene rings is 2. The summed E-state index contributed by atoms with van der Waals surface area (Å²) in [6.07, 6.45) is 0. The van der Waals surface area contributed by atoms with Crippen molar-refractivity contribution in [2.75, 3.05) is 42.9 Å². The maximum absolute atomic E-state index is 12.6. The average molecular weight is 496 g/mol. The van der Waals surface area contributed by atoms with Crippen LogP contribution in [-0.2, 0) is 5.75 Å². The lowest BCUT2D eigenvalue weighted by atomic mass is 10.1. The van der Waals surface area contributed by atoms with Crippen LogP contribution in [0.25, 0.3) is 0 Å². The van der Waals surface area contributed by atoms with Gasteiger partial charge in [-0.3, -0.25) is 4.79 Å². The zero-order valence-corrected chi connectivity index (χ0v) is 21.4. The van der Waals surface area contributed by atoms with Crippen LogP contribution in [0.1, 0.15) is 34.0 Å². The molecule has 0 atom stereocenters. The van der Waals surface area contributed by atoms with Crippen LogP contribution in [0.3, 0.4) is 0 Å². The minimum atomic E-state index is -0.117. The molecule has 0 bridgehead atoms. The quantitative estimate of drug-likeness (QED) is 0.268. The van der Waals surface area contributed by atoms with Gasteiger partial charge in [-0.25, -0.2) is 9.97 Å². The number of halogens is 1. The highest BCUT2D eigenvalue weighted by molar-refractivity contribution is 7.98. The Hall–Kier alpha value is -2.61. The van der Waals surface area contributed by atoms with Gasteiger partial charge in [0, 0.05) is 49.2 Å². The smallest absolute Gasteiger partial charge is 0.255 e. The molecule has 2 heterocycles. The summed E-state index contributed by atoms with van der Waals surface area (Å²) in [5.41, 5.74) is 4.88. The molecule has 2 aromatic carbocycles. The molecule has 8 heteroatoms. The molecule has 0 aliphatic carbocycles. The first-order valence-electron chi connectivity index (χ1n) is 11.5. The Bertz CT molecular complexity index is 1150. The maximum Gasteiger partial charge on any atom is 0.255 e. The van der Waals surface area contributed by atoms with Crippen LogP contribution in [0.4, 0.5) is 11.5 Å². The topological polar surface area (TPSA) is 61.4 Å². The number of nitrogens with one attached hydrogen (secondary N) is 1. The highest BCUT2D eigenvalue weighted by Gasteiger charge is 2.18. The summed E-state index contributed by atoms with van der Waals surface area (Å²) >= 11 is 7.85. The zero-order valence-electron chi connectivity index (χ0n) is 19.8. The first-order valence-corrected chi connectivity index (χ1v) is 12.9. The maximum atomic E-state index is 12.6. The van der Waals surface area contributed by atoms with E-state index in [1.165, 1.54) is 5.56 Å². The molecule has 1 aliphatic rings. The van der Waals surface area contributed by atoms with Gasteiger partial charge in [0.1, 0.15) is 11.0 Å². The molecule has 0 spiro atoms. The van der Waals surface area contributed by atoms with E-state index in [0.29, 0.717) is 21.6 Å². The van der Waals surface area contributed by atoms with Gasteiger partial charge in [0.15, 0.2) is 5.16 Å². The summed E-state index contributed by atoms with van der Waals surface area (Å²) in [5.74, 6) is 1.47. The molecule has 1 amide bonds. The Kier molecular flexibility index (Phi) is 8.08. The summed E-state index contributed by atoms with van der Waals surface area (Å²) in [6, 6.07) is 15.4. The number of carbonyl (C=O) groups excluding carboxylic acids is 1. The van der Waals surface area contributed by atoms with E-state index in [-0.39, 0.29) is 5.91 Å². The number of thioether (sulfide) groups is 1. The molecule has 1 N–H and O–H groups in total. The fourth-order valence-electron chi connectivity index (χ4n) is 3.83. The van der Waals surface area contributed by atoms with Crippen LogP contribution in [0.15, 0.2) is 53.7 Å². The minimum Gasteiger partial charge on any atom is -0.354 e. The molecule has 1 saturated heterocycles. The second kappa shape index (κ2) is 11.2. The molecule has 0 saturated carbocycles. The molecule has 1 aromatic heterocycles. The van der Waals surface area contributed by atoms with E-state index in [1.54, 1.807) is 11.8 Å². The van der Waals surface area contributed by atoms with Crippen LogP contribution in [0.2, 0.25) is 5.15 Å². The van der Waals surface area contributed by atoms with Gasteiger partial charge in [-0.05, 0) is 61.3 Å². The molecule has 1 fully saturated rings. The van der Waals surface area contributed by atoms with Gasteiger partial charge in [0.25, 0.3) is 5.91 Å². The van der Waals surface area contributed by atoms with Crippen molar-refractivity contribution in [2.24, 2.45) is 0 Å². The first-order chi connectivity index (χ1) is 16.4. The van der Waals surface area contributed by atoms with Crippen molar-refractivity contribution in [1.82, 2.24) is 14.9 Å². The second-order valence-corrected chi connectivity index (χ2v) is 9.82. The predicted octanol–water partition coefficient (Wildman–Crippen LogP) is 5.43. The average Bonchev–Trinajstić information content (AvgIpc) is 2.85. The van der Waals surface area contributed by atoms with Gasteiger partial charge in [0.2, 0.25) is 0 Å². The summed E-state index contributed by atoms with van der Waals surface area (Å²) in [7, 11) is 0. The monoisotopic (exact) mass is 495 g/mol. The van der Waals surface area contributed by atoms with Crippen molar-refractivity contribution >= 4 is 40.8 Å². The third kappa shape index (κ3) is 6.29. The third-order valence-corrected chi connectivity index (χ3v) is 7.27. The number of rotatable bonds is 7. The zero-order chi connectivity index (χ0) is 24.1. The molecule has 178 valence electrons. The summed E-state index contributed by atoms with van der Waals surface area (Å²) in [4.78, 5) is 26.4. The summed E-state index contributed by atoms with van der Waals surface area (Å²) in [6.45, 7) is 11.3. The Morgan fingerprint density at radius 2 is 1.74 bits per heavy atom. The lowest BCUT2D eigenvalue weighted by Crippen LogP contribution is -2.46. The number of carbonyl (C=O) groups is 1. The Balaban J connectivity index is 1.35. The van der Waals surface area contributed by atoms with Crippen molar-refractivity contribution in [1.29, 1.82) is 0 Å². The fraction of sp³-hybridized carbons (Fsp3) is 0.346. The van der Waals surface area contributed by atoms with Crippen molar-refractivity contribution in [2.45, 2.75) is 31.7 Å². The predicted molar refractivity (Wildman–Crippen MR) is 141 cm³/mol. The number of hydrogen-bond acceptors (Lipinski definition) is 6. The van der Waals surface area contributed by atoms with E-state index in [9.17, 15) is 4.79 Å². The number of hydrogen-bond donors (Lipinski definition) is 1. The molecule has 6 nitrogen and oxygen atoms in total. The van der Waals surface area contributed by atoms with E-state index < -0.39 is 0 Å². The lowest BCUT2D eigenvalue weighted by Gasteiger charge is -2.34. The van der Waals surface area contributed by atoms with Gasteiger partial charge in [-0.2, -0.15) is 0 Å². The van der Waals surface area contributed by atoms with E-state index in [0.717, 1.165) is 55.4 Å². The van der Waals surface area contributed by atoms with E-state index in [4.69, 9.17) is 16.6 Å². The Morgan fingerprint density at radius 1 is 1.00 bits per heavy atom. The van der Waals surface area contributed by atoms with Crippen molar-refractivity contribution in [3.8, 4) is 0 Å². The van der Waals surface area contributed by atoms with Gasteiger partial charge in [-0.1, -0.05) is 48.5 Å². The molecule has 1 aliphatic heterocycles. The largest absolute Gasteiger partial charge is 0.354 e. The van der Waals surface area contributed by atoms with Crippen molar-refractivity contribution in [3.63, 3.8) is 0 Å². The van der Waals surface area contributed by atoms with Crippen LogP contribution < -0.4 is 10.2 Å². The van der Waals surface area contributed by atoms with Crippen LogP contribution in [0.5, 0.6) is 0 Å². The molecule has 3 aromatic rings. The number of piperazine rings is 1. The van der Waals surface area contributed by atoms with Crippen molar-refractivity contribution < 1.29 is 4.79 Å². The lowest BCUT2D eigenvalue weighted by molar-refractivity contribution is 0.102. The standard InChI is InChI=1S/C26H30ClN5OS/c1-4-31-11-13-32(14-12-31)24-16-23(27)29-26(30-24)34-17-20-6-8-21(9-7-20)25(33)28-22-10-5-18(2)19(3)15-22/h5-10,15-16H,4,11-14,17H2,1-3H3,(H,28,33). The second-order valence-electron chi connectivity index (χ2n) is 8.49.